The summed E-state index contributed by atoms with van der Waals surface area (Å²) in [4.78, 5) is 7.05. The fraction of sp³-hybridized carbons (Fsp3) is 0.421. The Kier molecular flexibility index (Phi) is 3.71. The maximum atomic E-state index is 4.69. The summed E-state index contributed by atoms with van der Waals surface area (Å²) in [6, 6.07) is 10.9. The highest BCUT2D eigenvalue weighted by Crippen LogP contribution is 2.32. The fourth-order valence-corrected chi connectivity index (χ4v) is 3.81. The predicted octanol–water partition coefficient (Wildman–Crippen LogP) is 3.74. The van der Waals surface area contributed by atoms with E-state index in [-0.39, 0.29) is 0 Å². The number of benzene rings is 1. The molecule has 3 heterocycles. The highest BCUT2D eigenvalue weighted by atomic mass is 15.4. The van der Waals surface area contributed by atoms with Crippen LogP contribution >= 0.6 is 0 Å². The number of pyridine rings is 1. The number of nitrogens with zero attached hydrogens (tertiary/aromatic N) is 5. The van der Waals surface area contributed by atoms with E-state index in [0.29, 0.717) is 12.0 Å². The molecule has 0 spiro atoms. The Bertz CT molecular complexity index is 862. The lowest BCUT2D eigenvalue weighted by atomic mass is 10.0. The van der Waals surface area contributed by atoms with Crippen molar-refractivity contribution in [2.24, 2.45) is 5.92 Å². The number of fused-ring (bicyclic) bond motifs is 2. The van der Waals surface area contributed by atoms with Gasteiger partial charge in [-0.25, -0.2) is 4.98 Å². The Labute approximate surface area is 142 Å². The van der Waals surface area contributed by atoms with Gasteiger partial charge in [0, 0.05) is 18.1 Å². The van der Waals surface area contributed by atoms with Crippen molar-refractivity contribution < 1.29 is 0 Å². The van der Waals surface area contributed by atoms with Gasteiger partial charge in [0.25, 0.3) is 0 Å². The molecular formula is C19H23N5. The smallest absolute Gasteiger partial charge is 0.152 e. The highest BCUT2D eigenvalue weighted by Gasteiger charge is 2.29. The molecule has 5 nitrogen and oxygen atoms in total. The van der Waals surface area contributed by atoms with Crippen molar-refractivity contribution in [3.8, 4) is 0 Å². The van der Waals surface area contributed by atoms with E-state index in [2.05, 4.69) is 70.8 Å². The summed E-state index contributed by atoms with van der Waals surface area (Å²) in [5, 5.41) is 11.2. The van der Waals surface area contributed by atoms with Crippen LogP contribution in [0.4, 0.5) is 5.82 Å². The van der Waals surface area contributed by atoms with E-state index >= 15 is 0 Å². The van der Waals surface area contributed by atoms with Crippen LogP contribution in [0.1, 0.15) is 38.0 Å². The van der Waals surface area contributed by atoms with Gasteiger partial charge in [-0.1, -0.05) is 38.1 Å². The molecule has 1 aliphatic rings. The van der Waals surface area contributed by atoms with E-state index in [1.54, 1.807) is 0 Å². The number of hydrogen-bond donors (Lipinski definition) is 0. The van der Waals surface area contributed by atoms with E-state index in [9.17, 15) is 0 Å². The van der Waals surface area contributed by atoms with Crippen LogP contribution in [0.2, 0.25) is 0 Å². The summed E-state index contributed by atoms with van der Waals surface area (Å²) < 4.78 is 2.32. The summed E-state index contributed by atoms with van der Waals surface area (Å²) in [6.45, 7) is 8.31. The molecule has 0 unspecified atom stereocenters. The molecule has 0 saturated heterocycles. The highest BCUT2D eigenvalue weighted by molar-refractivity contribution is 5.92. The molecule has 0 radical (unpaired) electrons. The minimum absolute atomic E-state index is 0.393. The molecule has 24 heavy (non-hydrogen) atoms. The Balaban J connectivity index is 1.77. The second kappa shape index (κ2) is 5.89. The molecule has 5 heteroatoms. The first-order valence-electron chi connectivity index (χ1n) is 8.62. The van der Waals surface area contributed by atoms with Crippen molar-refractivity contribution in [1.29, 1.82) is 0 Å². The van der Waals surface area contributed by atoms with E-state index in [1.165, 1.54) is 10.8 Å². The van der Waals surface area contributed by atoms with Crippen molar-refractivity contribution in [3.63, 3.8) is 0 Å². The Morgan fingerprint density at radius 2 is 2.00 bits per heavy atom. The molecule has 0 bridgehead atoms. The minimum atomic E-state index is 0.393. The lowest BCUT2D eigenvalue weighted by Gasteiger charge is -2.36. The van der Waals surface area contributed by atoms with Crippen LogP contribution in [0.3, 0.4) is 0 Å². The first kappa shape index (κ1) is 15.1. The zero-order chi connectivity index (χ0) is 16.7. The van der Waals surface area contributed by atoms with Crippen molar-refractivity contribution >= 4 is 16.6 Å². The van der Waals surface area contributed by atoms with Crippen molar-refractivity contribution in [1.82, 2.24) is 19.7 Å². The number of aryl methyl sites for hydroxylation is 1. The van der Waals surface area contributed by atoms with Crippen LogP contribution in [0.5, 0.6) is 0 Å². The summed E-state index contributed by atoms with van der Waals surface area (Å²) in [5.41, 5.74) is 0. The van der Waals surface area contributed by atoms with E-state index < -0.39 is 0 Å². The fourth-order valence-electron chi connectivity index (χ4n) is 3.81. The topological polar surface area (TPSA) is 46.8 Å². The number of anilines is 1. The molecule has 124 valence electrons. The molecule has 0 amide bonds. The van der Waals surface area contributed by atoms with Crippen LogP contribution in [0, 0.1) is 12.8 Å². The summed E-state index contributed by atoms with van der Waals surface area (Å²) in [5.74, 6) is 3.74. The third-order valence-electron chi connectivity index (χ3n) is 4.76. The lowest BCUT2D eigenvalue weighted by Crippen LogP contribution is -2.39. The maximum absolute atomic E-state index is 4.69. The SMILES string of the molecule is Cc1nnc2n1[C@@H](CC(C)C)CN(c1nccc3ccccc13)C2. The number of aromatic nitrogens is 4. The van der Waals surface area contributed by atoms with Crippen LogP contribution in [0.25, 0.3) is 10.8 Å². The van der Waals surface area contributed by atoms with Gasteiger partial charge in [-0.05, 0) is 30.7 Å². The third-order valence-corrected chi connectivity index (χ3v) is 4.76. The minimum Gasteiger partial charge on any atom is -0.346 e. The van der Waals surface area contributed by atoms with Crippen LogP contribution < -0.4 is 4.90 Å². The van der Waals surface area contributed by atoms with Gasteiger partial charge in [0.2, 0.25) is 0 Å². The largest absolute Gasteiger partial charge is 0.346 e. The zero-order valence-electron chi connectivity index (χ0n) is 14.5. The van der Waals surface area contributed by atoms with Gasteiger partial charge in [0.15, 0.2) is 5.82 Å². The average molecular weight is 321 g/mol. The van der Waals surface area contributed by atoms with Crippen LogP contribution in [-0.4, -0.2) is 26.3 Å². The molecule has 0 fully saturated rings. The maximum Gasteiger partial charge on any atom is 0.152 e. The Morgan fingerprint density at radius 1 is 1.17 bits per heavy atom. The van der Waals surface area contributed by atoms with E-state index in [4.69, 9.17) is 4.98 Å². The first-order chi connectivity index (χ1) is 11.6. The summed E-state index contributed by atoms with van der Waals surface area (Å²) >= 11 is 0. The first-order valence-corrected chi connectivity index (χ1v) is 8.62. The summed E-state index contributed by atoms with van der Waals surface area (Å²) in [6.07, 6.45) is 3.02. The molecule has 4 rings (SSSR count). The van der Waals surface area contributed by atoms with Gasteiger partial charge in [-0.15, -0.1) is 10.2 Å². The van der Waals surface area contributed by atoms with Gasteiger partial charge in [-0.2, -0.15) is 0 Å². The normalized spacial score (nSPS) is 17.5. The standard InChI is InChI=1S/C19H23N5/c1-13(2)10-16-11-23(12-18-22-21-14(3)24(16)18)19-17-7-5-4-6-15(17)8-9-20-19/h4-9,13,16H,10-12H2,1-3H3/t16-/m0/s1. The van der Waals surface area contributed by atoms with Gasteiger partial charge in [0.1, 0.15) is 11.6 Å². The van der Waals surface area contributed by atoms with Gasteiger partial charge in [0.05, 0.1) is 12.6 Å². The molecule has 2 aromatic heterocycles. The predicted molar refractivity (Wildman–Crippen MR) is 96.0 cm³/mol. The second-order valence-electron chi connectivity index (χ2n) is 7.05. The van der Waals surface area contributed by atoms with Crippen LogP contribution in [-0.2, 0) is 6.54 Å². The van der Waals surface area contributed by atoms with Gasteiger partial charge >= 0.3 is 0 Å². The molecule has 0 N–H and O–H groups in total. The Hall–Kier alpha value is -2.43. The Morgan fingerprint density at radius 3 is 2.83 bits per heavy atom. The van der Waals surface area contributed by atoms with E-state index in [0.717, 1.165) is 37.0 Å². The summed E-state index contributed by atoms with van der Waals surface area (Å²) in [7, 11) is 0. The van der Waals surface area contributed by atoms with Crippen LogP contribution in [0.15, 0.2) is 36.5 Å². The third kappa shape index (κ3) is 2.54. The van der Waals surface area contributed by atoms with Gasteiger partial charge in [-0.3, -0.25) is 0 Å². The van der Waals surface area contributed by atoms with E-state index in [1.807, 2.05) is 6.20 Å². The lowest BCUT2D eigenvalue weighted by molar-refractivity contribution is 0.357. The molecular weight excluding hydrogens is 298 g/mol. The van der Waals surface area contributed by atoms with Crippen molar-refractivity contribution in [3.05, 3.63) is 48.2 Å². The molecule has 1 aromatic carbocycles. The molecule has 1 atom stereocenters. The molecule has 0 aliphatic carbocycles. The average Bonchev–Trinajstić information content (AvgIpc) is 2.95. The quantitative estimate of drug-likeness (QED) is 0.737. The van der Waals surface area contributed by atoms with Crippen molar-refractivity contribution in [2.45, 2.75) is 39.8 Å². The second-order valence-corrected chi connectivity index (χ2v) is 7.05. The van der Waals surface area contributed by atoms with Crippen molar-refractivity contribution in [2.75, 3.05) is 11.4 Å². The number of rotatable bonds is 3. The van der Waals surface area contributed by atoms with Gasteiger partial charge < -0.3 is 9.47 Å². The molecule has 3 aromatic rings. The zero-order valence-corrected chi connectivity index (χ0v) is 14.5. The monoisotopic (exact) mass is 321 g/mol. The molecule has 1 aliphatic heterocycles. The molecule has 0 saturated carbocycles. The number of hydrogen-bond acceptors (Lipinski definition) is 4.